The predicted molar refractivity (Wildman–Crippen MR) is 146 cm³/mol. The second kappa shape index (κ2) is 17.7. The Morgan fingerprint density at radius 1 is 0.706 bits per heavy atom. The smallest absolute Gasteiger partial charge is 0.224 e. The number of thioether (sulfide) groups is 1. The van der Waals surface area contributed by atoms with E-state index in [1.54, 1.807) is 6.07 Å². The summed E-state index contributed by atoms with van der Waals surface area (Å²) in [5.74, 6) is 1.56. The Labute approximate surface area is 216 Å². The van der Waals surface area contributed by atoms with Gasteiger partial charge in [0.1, 0.15) is 11.5 Å². The number of hydrogen-bond donors (Lipinski definition) is 0. The zero-order chi connectivity index (χ0) is 24.4. The number of ether oxygens (including phenoxy) is 2. The van der Waals surface area contributed by atoms with Crippen LogP contribution in [0.2, 0.25) is 5.02 Å². The third-order valence-electron chi connectivity index (χ3n) is 5.73. The van der Waals surface area contributed by atoms with Gasteiger partial charge in [0.2, 0.25) is 5.12 Å². The quantitative estimate of drug-likeness (QED) is 0.149. The first-order chi connectivity index (χ1) is 16.6. The van der Waals surface area contributed by atoms with E-state index in [2.05, 4.69) is 13.8 Å². The van der Waals surface area contributed by atoms with Gasteiger partial charge in [-0.2, -0.15) is 0 Å². The fraction of sp³-hybridized carbons (Fsp3) is 0.552. The molecule has 0 spiro atoms. The molecule has 0 saturated heterocycles. The molecule has 0 aliphatic rings. The molecule has 0 heterocycles. The molecule has 2 rings (SSSR count). The van der Waals surface area contributed by atoms with Crippen LogP contribution in [0.4, 0.5) is 0 Å². The molecule has 3 nitrogen and oxygen atoms in total. The fourth-order valence-electron chi connectivity index (χ4n) is 3.64. The summed E-state index contributed by atoms with van der Waals surface area (Å²) < 4.78 is 11.6. The van der Waals surface area contributed by atoms with Gasteiger partial charge in [0.25, 0.3) is 0 Å². The molecule has 0 radical (unpaired) electrons. The summed E-state index contributed by atoms with van der Waals surface area (Å²) >= 11 is 7.56. The van der Waals surface area contributed by atoms with E-state index in [1.807, 2.05) is 36.4 Å². The van der Waals surface area contributed by atoms with Crippen LogP contribution < -0.4 is 9.47 Å². The van der Waals surface area contributed by atoms with Crippen LogP contribution in [0.25, 0.3) is 0 Å². The Hall–Kier alpha value is -1.65. The lowest BCUT2D eigenvalue weighted by Gasteiger charge is -2.09. The minimum atomic E-state index is -0.0369. The van der Waals surface area contributed by atoms with Crippen molar-refractivity contribution in [3.63, 3.8) is 0 Å². The molecule has 5 heteroatoms. The maximum Gasteiger partial charge on any atom is 0.224 e. The van der Waals surface area contributed by atoms with Gasteiger partial charge in [-0.25, -0.2) is 0 Å². The van der Waals surface area contributed by atoms with E-state index in [1.165, 1.54) is 64.2 Å². The van der Waals surface area contributed by atoms with Crippen molar-refractivity contribution in [1.29, 1.82) is 0 Å². The molecular formula is C29H41ClO3S. The summed E-state index contributed by atoms with van der Waals surface area (Å²) in [5, 5.41) is 0.503. The van der Waals surface area contributed by atoms with Crippen LogP contribution in [0, 0.1) is 0 Å². The lowest BCUT2D eigenvalue weighted by atomic mass is 10.1. The van der Waals surface area contributed by atoms with Crippen LogP contribution >= 0.6 is 23.4 Å². The summed E-state index contributed by atoms with van der Waals surface area (Å²) in [5.41, 5.74) is 0.636. The number of rotatable bonds is 18. The van der Waals surface area contributed by atoms with Crippen molar-refractivity contribution in [2.24, 2.45) is 0 Å². The third-order valence-corrected chi connectivity index (χ3v) is 7.15. The highest BCUT2D eigenvalue weighted by molar-refractivity contribution is 8.14. The molecular weight excluding hydrogens is 464 g/mol. The molecule has 0 N–H and O–H groups in total. The van der Waals surface area contributed by atoms with Crippen molar-refractivity contribution in [2.45, 2.75) is 95.8 Å². The number of unbranched alkanes of at least 4 members (excludes halogenated alkanes) is 10. The average molecular weight is 505 g/mol. The van der Waals surface area contributed by atoms with Crippen molar-refractivity contribution >= 4 is 28.5 Å². The number of hydrogen-bond acceptors (Lipinski definition) is 4. The topological polar surface area (TPSA) is 35.5 Å². The molecule has 0 atom stereocenters. The molecule has 0 bridgehead atoms. The van der Waals surface area contributed by atoms with Crippen LogP contribution in [0.15, 0.2) is 47.4 Å². The third kappa shape index (κ3) is 11.7. The molecule has 0 aromatic heterocycles. The van der Waals surface area contributed by atoms with Gasteiger partial charge >= 0.3 is 0 Å². The maximum absolute atomic E-state index is 12.7. The van der Waals surface area contributed by atoms with Gasteiger partial charge in [0.15, 0.2) is 0 Å². The molecule has 0 saturated carbocycles. The average Bonchev–Trinajstić information content (AvgIpc) is 2.85. The minimum absolute atomic E-state index is 0.0369. The van der Waals surface area contributed by atoms with Gasteiger partial charge in [0, 0.05) is 10.5 Å². The largest absolute Gasteiger partial charge is 0.494 e. The minimum Gasteiger partial charge on any atom is -0.494 e. The van der Waals surface area contributed by atoms with Crippen LogP contribution in [0.1, 0.15) is 101 Å². The van der Waals surface area contributed by atoms with E-state index >= 15 is 0 Å². The lowest BCUT2D eigenvalue weighted by Crippen LogP contribution is -1.99. The Kier molecular flexibility index (Phi) is 14.9. The molecule has 34 heavy (non-hydrogen) atoms. The van der Waals surface area contributed by atoms with E-state index in [0.717, 1.165) is 47.6 Å². The van der Waals surface area contributed by atoms with Crippen LogP contribution in [-0.2, 0) is 0 Å². The molecule has 0 unspecified atom stereocenters. The molecule has 0 amide bonds. The van der Waals surface area contributed by atoms with Gasteiger partial charge in [-0.15, -0.1) is 0 Å². The highest BCUT2D eigenvalue weighted by Crippen LogP contribution is 2.33. The van der Waals surface area contributed by atoms with Crippen molar-refractivity contribution in [3.05, 3.63) is 53.1 Å². The molecule has 188 valence electrons. The Morgan fingerprint density at radius 3 is 1.76 bits per heavy atom. The first kappa shape index (κ1) is 28.6. The second-order valence-electron chi connectivity index (χ2n) is 8.74. The monoisotopic (exact) mass is 504 g/mol. The summed E-state index contributed by atoms with van der Waals surface area (Å²) in [6.45, 7) is 5.87. The molecule has 0 aliphatic heterocycles. The lowest BCUT2D eigenvalue weighted by molar-refractivity contribution is 0.108. The normalized spacial score (nSPS) is 10.9. The number of benzene rings is 2. The van der Waals surface area contributed by atoms with E-state index in [0.29, 0.717) is 17.2 Å². The van der Waals surface area contributed by atoms with Gasteiger partial charge in [-0.1, -0.05) is 89.7 Å². The standard InChI is InChI=1S/C29H41ClO3S/c1-3-5-7-9-11-13-21-32-25-17-15-24(16-18-25)29(31)34-28-20-19-26(23-27(28)30)33-22-14-12-10-8-6-4-2/h15-20,23H,3-14,21-22H2,1-2H3. The van der Waals surface area contributed by atoms with E-state index in [9.17, 15) is 4.79 Å². The Bertz CT molecular complexity index is 823. The second-order valence-corrected chi connectivity index (χ2v) is 10.2. The van der Waals surface area contributed by atoms with Crippen LogP contribution in [-0.4, -0.2) is 18.3 Å². The molecule has 2 aromatic rings. The molecule has 0 aliphatic carbocycles. The predicted octanol–water partition coefficient (Wildman–Crippen LogP) is 9.75. The highest BCUT2D eigenvalue weighted by atomic mass is 35.5. The van der Waals surface area contributed by atoms with Crippen molar-refractivity contribution < 1.29 is 14.3 Å². The van der Waals surface area contributed by atoms with E-state index in [-0.39, 0.29) is 5.12 Å². The fourth-order valence-corrected chi connectivity index (χ4v) is 4.68. The molecule has 0 fully saturated rings. The van der Waals surface area contributed by atoms with E-state index < -0.39 is 0 Å². The summed E-state index contributed by atoms with van der Waals surface area (Å²) in [7, 11) is 0. The summed E-state index contributed by atoms with van der Waals surface area (Å²) in [6, 6.07) is 12.9. The van der Waals surface area contributed by atoms with Crippen molar-refractivity contribution in [1.82, 2.24) is 0 Å². The van der Waals surface area contributed by atoms with Crippen LogP contribution in [0.5, 0.6) is 11.5 Å². The maximum atomic E-state index is 12.7. The van der Waals surface area contributed by atoms with Gasteiger partial charge < -0.3 is 9.47 Å². The van der Waals surface area contributed by atoms with Crippen LogP contribution in [0.3, 0.4) is 0 Å². The van der Waals surface area contributed by atoms with Gasteiger partial charge in [0.05, 0.1) is 18.2 Å². The van der Waals surface area contributed by atoms with Crippen molar-refractivity contribution in [3.8, 4) is 11.5 Å². The van der Waals surface area contributed by atoms with Crippen molar-refractivity contribution in [2.75, 3.05) is 13.2 Å². The number of carbonyl (C=O) groups is 1. The SMILES string of the molecule is CCCCCCCCOc1ccc(C(=O)Sc2ccc(OCCCCCCCC)cc2Cl)cc1. The molecule has 2 aromatic carbocycles. The van der Waals surface area contributed by atoms with Gasteiger partial charge in [-0.3, -0.25) is 4.79 Å². The Balaban J connectivity index is 1.72. The Morgan fingerprint density at radius 2 is 1.21 bits per heavy atom. The summed E-state index contributed by atoms with van der Waals surface area (Å²) in [6.07, 6.45) is 14.8. The number of carbonyl (C=O) groups excluding carboxylic acids is 1. The number of halogens is 1. The highest BCUT2D eigenvalue weighted by Gasteiger charge is 2.12. The first-order valence-electron chi connectivity index (χ1n) is 13.0. The zero-order valence-electron chi connectivity index (χ0n) is 21.0. The summed E-state index contributed by atoms with van der Waals surface area (Å²) in [4.78, 5) is 13.4. The zero-order valence-corrected chi connectivity index (χ0v) is 22.5. The first-order valence-corrected chi connectivity index (χ1v) is 14.2. The van der Waals surface area contributed by atoms with E-state index in [4.69, 9.17) is 21.1 Å². The van der Waals surface area contributed by atoms with Gasteiger partial charge in [-0.05, 0) is 67.1 Å².